The van der Waals surface area contributed by atoms with Crippen molar-refractivity contribution in [1.29, 1.82) is 0 Å². The number of hydrogen-bond acceptors (Lipinski definition) is 2. The van der Waals surface area contributed by atoms with Crippen LogP contribution in [0.15, 0.2) is 18.2 Å². The van der Waals surface area contributed by atoms with Crippen LogP contribution in [-0.2, 0) is 6.42 Å². The Labute approximate surface area is 111 Å². The highest BCUT2D eigenvalue weighted by Crippen LogP contribution is 2.25. The minimum atomic E-state index is 0.678. The van der Waals surface area contributed by atoms with E-state index < -0.39 is 0 Å². The second kappa shape index (κ2) is 5.75. The van der Waals surface area contributed by atoms with Crippen molar-refractivity contribution < 1.29 is 0 Å². The topological polar surface area (TPSA) is 15.3 Å². The second-order valence-electron chi connectivity index (χ2n) is 5.57. The van der Waals surface area contributed by atoms with Crippen LogP contribution in [0.4, 0.5) is 5.69 Å². The highest BCUT2D eigenvalue weighted by atomic mass is 15.2. The fraction of sp³-hybridized carbons (Fsp3) is 0.625. The van der Waals surface area contributed by atoms with E-state index in [1.54, 1.807) is 0 Å². The highest BCUT2D eigenvalue weighted by Gasteiger charge is 2.24. The molecule has 0 amide bonds. The molecule has 1 aliphatic heterocycles. The molecular weight excluding hydrogens is 220 g/mol. The Morgan fingerprint density at radius 1 is 1.39 bits per heavy atom. The van der Waals surface area contributed by atoms with Gasteiger partial charge in [0, 0.05) is 24.8 Å². The summed E-state index contributed by atoms with van der Waals surface area (Å²) in [6.45, 7) is 9.13. The van der Waals surface area contributed by atoms with Crippen molar-refractivity contribution in [1.82, 2.24) is 5.32 Å². The molecule has 18 heavy (non-hydrogen) atoms. The summed E-state index contributed by atoms with van der Waals surface area (Å²) in [5.74, 6) is 0.718. The van der Waals surface area contributed by atoms with Crippen molar-refractivity contribution >= 4 is 5.69 Å². The number of aryl methyl sites for hydroxylation is 2. The third-order valence-electron chi connectivity index (χ3n) is 4.35. The molecule has 2 atom stereocenters. The van der Waals surface area contributed by atoms with Crippen molar-refractivity contribution in [3.63, 3.8) is 0 Å². The van der Waals surface area contributed by atoms with Gasteiger partial charge in [0.25, 0.3) is 0 Å². The first kappa shape index (κ1) is 13.4. The van der Waals surface area contributed by atoms with Crippen LogP contribution in [0.3, 0.4) is 0 Å². The lowest BCUT2D eigenvalue weighted by atomic mass is 9.93. The lowest BCUT2D eigenvalue weighted by molar-refractivity contribution is 0.339. The lowest BCUT2D eigenvalue weighted by Gasteiger charge is -2.38. The van der Waals surface area contributed by atoms with Crippen molar-refractivity contribution in [2.45, 2.75) is 39.7 Å². The monoisotopic (exact) mass is 246 g/mol. The molecule has 2 rings (SSSR count). The molecule has 1 N–H and O–H groups in total. The molecule has 0 aromatic heterocycles. The zero-order valence-corrected chi connectivity index (χ0v) is 12.2. The van der Waals surface area contributed by atoms with Gasteiger partial charge in [-0.15, -0.1) is 0 Å². The van der Waals surface area contributed by atoms with Crippen molar-refractivity contribution in [3.8, 4) is 0 Å². The van der Waals surface area contributed by atoms with Crippen LogP contribution < -0.4 is 10.2 Å². The van der Waals surface area contributed by atoms with E-state index in [1.165, 1.54) is 29.8 Å². The van der Waals surface area contributed by atoms with E-state index in [4.69, 9.17) is 0 Å². The summed E-state index contributed by atoms with van der Waals surface area (Å²) >= 11 is 0. The molecule has 2 heteroatoms. The normalized spacial score (nSPS) is 24.3. The van der Waals surface area contributed by atoms with Crippen LogP contribution >= 0.6 is 0 Å². The van der Waals surface area contributed by atoms with Gasteiger partial charge in [0.1, 0.15) is 0 Å². The maximum absolute atomic E-state index is 3.43. The van der Waals surface area contributed by atoms with Crippen LogP contribution in [0.25, 0.3) is 0 Å². The first-order valence-corrected chi connectivity index (χ1v) is 7.17. The smallest absolute Gasteiger partial charge is 0.0369 e. The van der Waals surface area contributed by atoms with Crippen molar-refractivity contribution in [3.05, 3.63) is 29.3 Å². The van der Waals surface area contributed by atoms with Gasteiger partial charge in [0.2, 0.25) is 0 Å². The van der Waals surface area contributed by atoms with Crippen molar-refractivity contribution in [2.75, 3.05) is 25.0 Å². The summed E-state index contributed by atoms with van der Waals surface area (Å²) in [7, 11) is 2.08. The van der Waals surface area contributed by atoms with Gasteiger partial charge in [-0.05, 0) is 56.0 Å². The second-order valence-corrected chi connectivity index (χ2v) is 5.57. The zero-order chi connectivity index (χ0) is 13.1. The Bertz CT molecular complexity index is 400. The Kier molecular flexibility index (Phi) is 4.28. The molecule has 2 nitrogen and oxygen atoms in total. The molecule has 0 radical (unpaired) electrons. The lowest BCUT2D eigenvalue weighted by Crippen LogP contribution is -2.47. The van der Waals surface area contributed by atoms with Gasteiger partial charge >= 0.3 is 0 Å². The Balaban J connectivity index is 2.13. The van der Waals surface area contributed by atoms with Crippen LogP contribution in [0.5, 0.6) is 0 Å². The molecule has 2 unspecified atom stereocenters. The average molecular weight is 246 g/mol. The predicted octanol–water partition coefficient (Wildman–Crippen LogP) is 2.99. The fourth-order valence-electron chi connectivity index (χ4n) is 3.04. The van der Waals surface area contributed by atoms with E-state index in [-0.39, 0.29) is 0 Å². The van der Waals surface area contributed by atoms with E-state index in [0.29, 0.717) is 6.04 Å². The average Bonchev–Trinajstić information content (AvgIpc) is 2.39. The first-order chi connectivity index (χ1) is 8.65. The number of nitrogens with zero attached hydrogens (tertiary/aromatic N) is 1. The molecule has 1 fully saturated rings. The number of rotatable bonds is 3. The van der Waals surface area contributed by atoms with Gasteiger partial charge in [-0.3, -0.25) is 0 Å². The summed E-state index contributed by atoms with van der Waals surface area (Å²) in [5.41, 5.74) is 4.30. The number of hydrogen-bond donors (Lipinski definition) is 1. The fourth-order valence-corrected chi connectivity index (χ4v) is 3.04. The molecule has 1 aromatic carbocycles. The molecular formula is C16H26N2. The van der Waals surface area contributed by atoms with Crippen LogP contribution in [0.1, 0.15) is 31.4 Å². The summed E-state index contributed by atoms with van der Waals surface area (Å²) in [6, 6.07) is 7.60. The summed E-state index contributed by atoms with van der Waals surface area (Å²) < 4.78 is 0. The van der Waals surface area contributed by atoms with Gasteiger partial charge in [0.05, 0.1) is 0 Å². The van der Waals surface area contributed by atoms with Gasteiger partial charge < -0.3 is 10.2 Å². The number of benzene rings is 1. The van der Waals surface area contributed by atoms with Gasteiger partial charge in [-0.2, -0.15) is 0 Å². The number of anilines is 1. The largest absolute Gasteiger partial charge is 0.371 e. The zero-order valence-electron chi connectivity index (χ0n) is 12.2. The van der Waals surface area contributed by atoms with Gasteiger partial charge in [-0.25, -0.2) is 0 Å². The van der Waals surface area contributed by atoms with Crippen molar-refractivity contribution in [2.24, 2.45) is 5.92 Å². The molecule has 0 bridgehead atoms. The standard InChI is InChI=1S/C16H26N2/c1-5-14-10-15(7-6-12(14)2)18-9-8-16(17-4)13(3)11-18/h6-7,10,13,16-17H,5,8-9,11H2,1-4H3. The molecule has 100 valence electrons. The third kappa shape index (κ3) is 2.69. The molecule has 1 saturated heterocycles. The maximum Gasteiger partial charge on any atom is 0.0369 e. The summed E-state index contributed by atoms with van der Waals surface area (Å²) in [5, 5.41) is 3.43. The molecule has 0 saturated carbocycles. The van der Waals surface area contributed by atoms with Crippen LogP contribution in [0.2, 0.25) is 0 Å². The summed E-state index contributed by atoms with van der Waals surface area (Å²) in [6.07, 6.45) is 2.37. The molecule has 0 spiro atoms. The quantitative estimate of drug-likeness (QED) is 0.882. The minimum absolute atomic E-state index is 0.678. The number of piperidine rings is 1. The van der Waals surface area contributed by atoms with E-state index in [1.807, 2.05) is 0 Å². The Morgan fingerprint density at radius 2 is 2.17 bits per heavy atom. The molecule has 1 aromatic rings. The summed E-state index contributed by atoms with van der Waals surface area (Å²) in [4.78, 5) is 2.54. The maximum atomic E-state index is 3.43. The molecule has 0 aliphatic carbocycles. The number of nitrogens with one attached hydrogen (secondary N) is 1. The van der Waals surface area contributed by atoms with Gasteiger partial charge in [-0.1, -0.05) is 19.9 Å². The first-order valence-electron chi connectivity index (χ1n) is 7.17. The minimum Gasteiger partial charge on any atom is -0.371 e. The van der Waals surface area contributed by atoms with E-state index in [9.17, 15) is 0 Å². The Morgan fingerprint density at radius 3 is 2.78 bits per heavy atom. The highest BCUT2D eigenvalue weighted by molar-refractivity contribution is 5.51. The van der Waals surface area contributed by atoms with Gasteiger partial charge in [0.15, 0.2) is 0 Å². The van der Waals surface area contributed by atoms with E-state index >= 15 is 0 Å². The third-order valence-corrected chi connectivity index (χ3v) is 4.35. The van der Waals surface area contributed by atoms with Crippen LogP contribution in [-0.4, -0.2) is 26.2 Å². The Hall–Kier alpha value is -1.02. The van der Waals surface area contributed by atoms with E-state index in [0.717, 1.165) is 18.9 Å². The van der Waals surface area contributed by atoms with E-state index in [2.05, 4.69) is 56.2 Å². The molecule has 1 aliphatic rings. The molecule has 1 heterocycles. The predicted molar refractivity (Wildman–Crippen MR) is 79.4 cm³/mol. The SMILES string of the molecule is CCc1cc(N2CCC(NC)C(C)C2)ccc1C. The van der Waals surface area contributed by atoms with Crippen LogP contribution in [0, 0.1) is 12.8 Å².